The molecule has 2 heterocycles. The number of hydrogen-bond acceptors (Lipinski definition) is 4. The Balaban J connectivity index is 2.70. The lowest BCUT2D eigenvalue weighted by molar-refractivity contribution is 1.04. The Bertz CT molecular complexity index is 918. The standard InChI is InChI=1S/C13H6N4S/c14-6-8-5-9(7-15)13-17(12(8)16)10-3-1-2-4-11(10)18-13/h1-5,16H. The molecule has 3 rings (SSSR count). The summed E-state index contributed by atoms with van der Waals surface area (Å²) in [5.41, 5.74) is 1.64. The van der Waals surface area contributed by atoms with E-state index in [1.807, 2.05) is 30.3 Å². The van der Waals surface area contributed by atoms with Gasteiger partial charge in [-0.2, -0.15) is 10.5 Å². The van der Waals surface area contributed by atoms with Crippen LogP contribution in [0.1, 0.15) is 11.1 Å². The fourth-order valence-electron chi connectivity index (χ4n) is 1.95. The molecule has 0 aliphatic rings. The van der Waals surface area contributed by atoms with Crippen LogP contribution in [0.3, 0.4) is 0 Å². The van der Waals surface area contributed by atoms with Crippen molar-refractivity contribution in [2.75, 3.05) is 0 Å². The maximum Gasteiger partial charge on any atom is 0.148 e. The second kappa shape index (κ2) is 3.69. The third-order valence-corrected chi connectivity index (χ3v) is 3.92. The largest absolute Gasteiger partial charge is 0.283 e. The van der Waals surface area contributed by atoms with Crippen LogP contribution in [0.25, 0.3) is 15.0 Å². The summed E-state index contributed by atoms with van der Waals surface area (Å²) in [5, 5.41) is 26.2. The number of benzene rings is 1. The summed E-state index contributed by atoms with van der Waals surface area (Å²) in [6.45, 7) is 0. The first-order valence-electron chi connectivity index (χ1n) is 5.18. The minimum atomic E-state index is 0.129. The lowest BCUT2D eigenvalue weighted by Crippen LogP contribution is -2.16. The molecule has 4 nitrogen and oxygen atoms in total. The van der Waals surface area contributed by atoms with Crippen LogP contribution in [-0.4, -0.2) is 4.40 Å². The van der Waals surface area contributed by atoms with E-state index in [0.717, 1.165) is 10.2 Å². The van der Waals surface area contributed by atoms with Crippen LogP contribution in [0.15, 0.2) is 30.3 Å². The highest BCUT2D eigenvalue weighted by molar-refractivity contribution is 7.24. The Morgan fingerprint density at radius 1 is 1.11 bits per heavy atom. The third kappa shape index (κ3) is 1.26. The number of hydrogen-bond donors (Lipinski definition) is 1. The number of fused-ring (bicyclic) bond motifs is 3. The molecule has 0 atom stereocenters. The highest BCUT2D eigenvalue weighted by atomic mass is 32.1. The fraction of sp³-hybridized carbons (Fsp3) is 0. The van der Waals surface area contributed by atoms with E-state index in [1.54, 1.807) is 4.40 Å². The summed E-state index contributed by atoms with van der Waals surface area (Å²) in [7, 11) is 0. The topological polar surface area (TPSA) is 75.8 Å². The van der Waals surface area contributed by atoms with Crippen LogP contribution >= 0.6 is 11.3 Å². The number of nitrogens with zero attached hydrogens (tertiary/aromatic N) is 3. The van der Waals surface area contributed by atoms with Gasteiger partial charge in [0.15, 0.2) is 0 Å². The number of thiazole rings is 1. The van der Waals surface area contributed by atoms with Crippen LogP contribution in [0, 0.1) is 28.1 Å². The molecule has 0 radical (unpaired) electrons. The maximum atomic E-state index is 9.14. The molecule has 1 N–H and O–H groups in total. The monoisotopic (exact) mass is 250 g/mol. The summed E-state index contributed by atoms with van der Waals surface area (Å²) in [5.74, 6) is 0. The zero-order valence-electron chi connectivity index (χ0n) is 9.14. The van der Waals surface area contributed by atoms with Gasteiger partial charge in [0.05, 0.1) is 21.3 Å². The average molecular weight is 250 g/mol. The molecular formula is C13H6N4S. The second-order valence-electron chi connectivity index (χ2n) is 3.75. The summed E-state index contributed by atoms with van der Waals surface area (Å²) in [6.07, 6.45) is 0. The van der Waals surface area contributed by atoms with Crippen LogP contribution in [0.2, 0.25) is 0 Å². The highest BCUT2D eigenvalue weighted by Crippen LogP contribution is 2.27. The van der Waals surface area contributed by atoms with Crippen molar-refractivity contribution >= 4 is 26.4 Å². The van der Waals surface area contributed by atoms with E-state index < -0.39 is 0 Å². The van der Waals surface area contributed by atoms with E-state index in [1.165, 1.54) is 17.4 Å². The summed E-state index contributed by atoms with van der Waals surface area (Å²) < 4.78 is 2.66. The quantitative estimate of drug-likeness (QED) is 0.665. The normalized spacial score (nSPS) is 10.3. The van der Waals surface area contributed by atoms with Crippen molar-refractivity contribution in [2.45, 2.75) is 0 Å². The molecule has 5 heteroatoms. The van der Waals surface area contributed by atoms with Gasteiger partial charge in [0.1, 0.15) is 22.5 Å². The number of para-hydroxylation sites is 1. The van der Waals surface area contributed by atoms with Gasteiger partial charge in [-0.25, -0.2) is 0 Å². The molecule has 0 spiro atoms. The van der Waals surface area contributed by atoms with Crippen LogP contribution in [0.5, 0.6) is 0 Å². The van der Waals surface area contributed by atoms with Gasteiger partial charge in [-0.15, -0.1) is 11.3 Å². The first-order valence-corrected chi connectivity index (χ1v) is 6.00. The summed E-state index contributed by atoms with van der Waals surface area (Å²) in [4.78, 5) is 0.711. The molecule has 84 valence electrons. The van der Waals surface area contributed by atoms with E-state index in [-0.39, 0.29) is 11.1 Å². The molecule has 18 heavy (non-hydrogen) atoms. The second-order valence-corrected chi connectivity index (χ2v) is 4.78. The molecule has 0 fully saturated rings. The summed E-state index contributed by atoms with van der Waals surface area (Å²) >= 11 is 1.46. The molecule has 0 unspecified atom stereocenters. The van der Waals surface area contributed by atoms with E-state index in [0.29, 0.717) is 10.4 Å². The molecule has 1 aromatic carbocycles. The lowest BCUT2D eigenvalue weighted by atomic mass is 10.2. The summed E-state index contributed by atoms with van der Waals surface area (Å²) in [6, 6.07) is 13.2. The number of rotatable bonds is 0. The minimum Gasteiger partial charge on any atom is -0.283 e. The van der Waals surface area contributed by atoms with Gasteiger partial charge in [-0.1, -0.05) is 12.1 Å². The van der Waals surface area contributed by atoms with Gasteiger partial charge < -0.3 is 0 Å². The highest BCUT2D eigenvalue weighted by Gasteiger charge is 2.12. The number of nitrogens with one attached hydrogen (secondary N) is 1. The van der Waals surface area contributed by atoms with E-state index in [4.69, 9.17) is 15.9 Å². The molecule has 0 saturated carbocycles. The zero-order valence-corrected chi connectivity index (χ0v) is 9.95. The van der Waals surface area contributed by atoms with Crippen molar-refractivity contribution in [3.05, 3.63) is 46.9 Å². The van der Waals surface area contributed by atoms with Gasteiger partial charge in [0.25, 0.3) is 0 Å². The molecule has 3 aromatic rings. The van der Waals surface area contributed by atoms with Crippen LogP contribution < -0.4 is 5.49 Å². The third-order valence-electron chi connectivity index (χ3n) is 2.75. The van der Waals surface area contributed by atoms with Gasteiger partial charge in [-0.3, -0.25) is 9.81 Å². The Morgan fingerprint density at radius 3 is 2.56 bits per heavy atom. The first kappa shape index (κ1) is 10.5. The van der Waals surface area contributed by atoms with Crippen LogP contribution in [0.4, 0.5) is 0 Å². The van der Waals surface area contributed by atoms with Gasteiger partial charge in [-0.05, 0) is 18.2 Å². The van der Waals surface area contributed by atoms with Gasteiger partial charge in [0.2, 0.25) is 0 Å². The van der Waals surface area contributed by atoms with Crippen molar-refractivity contribution in [2.24, 2.45) is 0 Å². The van der Waals surface area contributed by atoms with Gasteiger partial charge in [0, 0.05) is 0 Å². The number of aromatic nitrogens is 1. The van der Waals surface area contributed by atoms with E-state index in [9.17, 15) is 0 Å². The lowest BCUT2D eigenvalue weighted by Gasteiger charge is -1.99. The van der Waals surface area contributed by atoms with Crippen molar-refractivity contribution < 1.29 is 0 Å². The van der Waals surface area contributed by atoms with Crippen molar-refractivity contribution in [3.63, 3.8) is 0 Å². The van der Waals surface area contributed by atoms with Crippen molar-refractivity contribution in [1.82, 2.24) is 4.40 Å². The Labute approximate surface area is 106 Å². The Kier molecular flexibility index (Phi) is 2.16. The predicted molar refractivity (Wildman–Crippen MR) is 68.1 cm³/mol. The first-order chi connectivity index (χ1) is 8.76. The Hall–Kier alpha value is -2.63. The number of pyridine rings is 1. The average Bonchev–Trinajstić information content (AvgIpc) is 2.79. The molecule has 2 aromatic heterocycles. The minimum absolute atomic E-state index is 0.129. The SMILES string of the molecule is N#Cc1cc(C#N)c2sc3ccccc3n2c1=N. The zero-order chi connectivity index (χ0) is 12.7. The fourth-order valence-corrected chi connectivity index (χ4v) is 3.06. The van der Waals surface area contributed by atoms with Gasteiger partial charge >= 0.3 is 0 Å². The van der Waals surface area contributed by atoms with Crippen LogP contribution in [-0.2, 0) is 0 Å². The molecule has 0 saturated heterocycles. The predicted octanol–water partition coefficient (Wildman–Crippen LogP) is 2.38. The van der Waals surface area contributed by atoms with Crippen molar-refractivity contribution in [1.29, 1.82) is 15.9 Å². The molecular weight excluding hydrogens is 244 g/mol. The molecule has 0 aliphatic carbocycles. The smallest absolute Gasteiger partial charge is 0.148 e. The van der Waals surface area contributed by atoms with Crippen molar-refractivity contribution in [3.8, 4) is 12.1 Å². The maximum absolute atomic E-state index is 9.14. The van der Waals surface area contributed by atoms with E-state index in [2.05, 4.69) is 6.07 Å². The molecule has 0 bridgehead atoms. The molecule has 0 aliphatic heterocycles. The van der Waals surface area contributed by atoms with E-state index >= 15 is 0 Å². The Morgan fingerprint density at radius 2 is 1.83 bits per heavy atom. The molecule has 0 amide bonds. The number of nitriles is 2.